The summed E-state index contributed by atoms with van der Waals surface area (Å²) in [6.45, 7) is 1.92. The molecule has 0 saturated heterocycles. The highest BCUT2D eigenvalue weighted by atomic mass is 16.3. The average Bonchev–Trinajstić information content (AvgIpc) is 2.76. The van der Waals surface area contributed by atoms with Gasteiger partial charge in [0.25, 0.3) is 5.91 Å². The standard InChI is InChI=1S/C14H19NO3/c1-9-7-11(17)5-6-12(9)14(18)15-13-4-2-3-10(13)8-16/h5-7,10,13,16-17H,2-4,8H2,1H3,(H,15,18)/t10-,13+/m1/s1. The molecule has 3 N–H and O–H groups in total. The number of phenolic OH excluding ortho intramolecular Hbond substituents is 1. The Balaban J connectivity index is 2.07. The van der Waals surface area contributed by atoms with Gasteiger partial charge in [0.2, 0.25) is 0 Å². The van der Waals surface area contributed by atoms with E-state index >= 15 is 0 Å². The van der Waals surface area contributed by atoms with Crippen LogP contribution in [-0.4, -0.2) is 28.8 Å². The number of hydrogen-bond donors (Lipinski definition) is 3. The number of carbonyl (C=O) groups is 1. The number of aromatic hydroxyl groups is 1. The fraction of sp³-hybridized carbons (Fsp3) is 0.500. The third-order valence-corrected chi connectivity index (χ3v) is 3.66. The molecule has 98 valence electrons. The number of benzene rings is 1. The molecular weight excluding hydrogens is 230 g/mol. The highest BCUT2D eigenvalue weighted by Gasteiger charge is 2.28. The van der Waals surface area contributed by atoms with Gasteiger partial charge in [-0.2, -0.15) is 0 Å². The first-order valence-electron chi connectivity index (χ1n) is 6.33. The van der Waals surface area contributed by atoms with Gasteiger partial charge in [-0.05, 0) is 43.5 Å². The normalized spacial score (nSPS) is 23.0. The van der Waals surface area contributed by atoms with Crippen molar-refractivity contribution in [1.29, 1.82) is 0 Å². The first-order chi connectivity index (χ1) is 8.61. The van der Waals surface area contributed by atoms with Crippen molar-refractivity contribution in [2.75, 3.05) is 6.61 Å². The van der Waals surface area contributed by atoms with Gasteiger partial charge in [-0.1, -0.05) is 6.42 Å². The Hall–Kier alpha value is -1.55. The zero-order valence-corrected chi connectivity index (χ0v) is 10.5. The molecule has 1 amide bonds. The molecule has 1 aliphatic rings. The second-order valence-electron chi connectivity index (χ2n) is 4.95. The molecule has 4 nitrogen and oxygen atoms in total. The van der Waals surface area contributed by atoms with Gasteiger partial charge in [-0.25, -0.2) is 0 Å². The molecule has 0 aliphatic heterocycles. The molecule has 4 heteroatoms. The van der Waals surface area contributed by atoms with Gasteiger partial charge in [0, 0.05) is 24.1 Å². The zero-order chi connectivity index (χ0) is 13.1. The zero-order valence-electron chi connectivity index (χ0n) is 10.5. The van der Waals surface area contributed by atoms with Crippen LogP contribution in [0.5, 0.6) is 5.75 Å². The maximum Gasteiger partial charge on any atom is 0.251 e. The van der Waals surface area contributed by atoms with Crippen LogP contribution in [0.2, 0.25) is 0 Å². The fourth-order valence-corrected chi connectivity index (χ4v) is 2.59. The SMILES string of the molecule is Cc1cc(O)ccc1C(=O)N[C@H]1CCC[C@@H]1CO. The highest BCUT2D eigenvalue weighted by Crippen LogP contribution is 2.25. The minimum Gasteiger partial charge on any atom is -0.508 e. The molecule has 18 heavy (non-hydrogen) atoms. The van der Waals surface area contributed by atoms with Crippen molar-refractivity contribution in [3.8, 4) is 5.75 Å². The van der Waals surface area contributed by atoms with Crippen LogP contribution in [0, 0.1) is 12.8 Å². The molecule has 1 aromatic rings. The molecule has 0 heterocycles. The predicted octanol–water partition coefficient (Wildman–Crippen LogP) is 1.59. The smallest absolute Gasteiger partial charge is 0.251 e. The van der Waals surface area contributed by atoms with Gasteiger partial charge in [0.05, 0.1) is 0 Å². The summed E-state index contributed by atoms with van der Waals surface area (Å²) in [4.78, 5) is 12.1. The second kappa shape index (κ2) is 5.40. The summed E-state index contributed by atoms with van der Waals surface area (Å²) < 4.78 is 0. The summed E-state index contributed by atoms with van der Waals surface area (Å²) in [5, 5.41) is 21.5. The van der Waals surface area contributed by atoms with Crippen molar-refractivity contribution in [2.45, 2.75) is 32.2 Å². The molecular formula is C14H19NO3. The van der Waals surface area contributed by atoms with Crippen molar-refractivity contribution in [3.05, 3.63) is 29.3 Å². The Morgan fingerprint density at radius 3 is 2.89 bits per heavy atom. The maximum atomic E-state index is 12.1. The van der Waals surface area contributed by atoms with Gasteiger partial charge in [-0.15, -0.1) is 0 Å². The lowest BCUT2D eigenvalue weighted by Crippen LogP contribution is -2.38. The number of amides is 1. The highest BCUT2D eigenvalue weighted by molar-refractivity contribution is 5.96. The topological polar surface area (TPSA) is 69.6 Å². The summed E-state index contributed by atoms with van der Waals surface area (Å²) in [5.41, 5.74) is 1.34. The van der Waals surface area contributed by atoms with Crippen LogP contribution in [0.15, 0.2) is 18.2 Å². The van der Waals surface area contributed by atoms with Crippen molar-refractivity contribution in [2.24, 2.45) is 5.92 Å². The molecule has 1 fully saturated rings. The Labute approximate surface area is 107 Å². The number of nitrogens with one attached hydrogen (secondary N) is 1. The van der Waals surface area contributed by atoms with E-state index in [9.17, 15) is 15.0 Å². The molecule has 0 bridgehead atoms. The van der Waals surface area contributed by atoms with E-state index < -0.39 is 0 Å². The van der Waals surface area contributed by atoms with E-state index in [1.54, 1.807) is 19.1 Å². The molecule has 1 aromatic carbocycles. The summed E-state index contributed by atoms with van der Waals surface area (Å²) >= 11 is 0. The van der Waals surface area contributed by atoms with E-state index in [-0.39, 0.29) is 30.2 Å². The van der Waals surface area contributed by atoms with Crippen molar-refractivity contribution < 1.29 is 15.0 Å². The number of aryl methyl sites for hydroxylation is 1. The summed E-state index contributed by atoms with van der Waals surface area (Å²) in [6, 6.07) is 4.78. The Morgan fingerprint density at radius 2 is 2.22 bits per heavy atom. The van der Waals surface area contributed by atoms with E-state index in [0.717, 1.165) is 24.8 Å². The fourth-order valence-electron chi connectivity index (χ4n) is 2.59. The third kappa shape index (κ3) is 2.64. The van der Waals surface area contributed by atoms with Gasteiger partial charge in [0.15, 0.2) is 0 Å². The molecule has 0 radical (unpaired) electrons. The Kier molecular flexibility index (Phi) is 3.87. The first-order valence-corrected chi connectivity index (χ1v) is 6.33. The van der Waals surface area contributed by atoms with Crippen LogP contribution in [0.4, 0.5) is 0 Å². The largest absolute Gasteiger partial charge is 0.508 e. The van der Waals surface area contributed by atoms with Crippen LogP contribution in [0.3, 0.4) is 0 Å². The van der Waals surface area contributed by atoms with Gasteiger partial charge in [0.1, 0.15) is 5.75 Å². The molecule has 0 unspecified atom stereocenters. The van der Waals surface area contributed by atoms with Crippen LogP contribution in [-0.2, 0) is 0 Å². The number of aliphatic hydroxyl groups excluding tert-OH is 1. The summed E-state index contributed by atoms with van der Waals surface area (Å²) in [5.74, 6) is 0.211. The summed E-state index contributed by atoms with van der Waals surface area (Å²) in [6.07, 6.45) is 2.94. The lowest BCUT2D eigenvalue weighted by atomic mass is 10.0. The molecule has 1 aliphatic carbocycles. The monoisotopic (exact) mass is 249 g/mol. The van der Waals surface area contributed by atoms with Crippen LogP contribution >= 0.6 is 0 Å². The second-order valence-corrected chi connectivity index (χ2v) is 4.95. The number of rotatable bonds is 3. The number of carbonyl (C=O) groups excluding carboxylic acids is 1. The van der Waals surface area contributed by atoms with Crippen LogP contribution in [0.1, 0.15) is 35.2 Å². The predicted molar refractivity (Wildman–Crippen MR) is 68.5 cm³/mol. The van der Waals surface area contributed by atoms with E-state index in [4.69, 9.17) is 0 Å². The lowest BCUT2D eigenvalue weighted by Gasteiger charge is -2.19. The van der Waals surface area contributed by atoms with Gasteiger partial charge in [-0.3, -0.25) is 4.79 Å². The maximum absolute atomic E-state index is 12.1. The minimum atomic E-state index is -0.127. The van der Waals surface area contributed by atoms with E-state index in [2.05, 4.69) is 5.32 Å². The van der Waals surface area contributed by atoms with Gasteiger partial charge < -0.3 is 15.5 Å². The van der Waals surface area contributed by atoms with Crippen molar-refractivity contribution in [1.82, 2.24) is 5.32 Å². The number of phenols is 1. The third-order valence-electron chi connectivity index (χ3n) is 3.66. The average molecular weight is 249 g/mol. The number of aliphatic hydroxyl groups is 1. The van der Waals surface area contributed by atoms with Crippen LogP contribution < -0.4 is 5.32 Å². The molecule has 0 spiro atoms. The molecule has 1 saturated carbocycles. The lowest BCUT2D eigenvalue weighted by molar-refractivity contribution is 0.0915. The Bertz CT molecular complexity index is 445. The van der Waals surface area contributed by atoms with Gasteiger partial charge >= 0.3 is 0 Å². The Morgan fingerprint density at radius 1 is 1.44 bits per heavy atom. The first kappa shape index (κ1) is 12.9. The quantitative estimate of drug-likeness (QED) is 0.762. The van der Waals surface area contributed by atoms with Crippen molar-refractivity contribution >= 4 is 5.91 Å². The minimum absolute atomic E-state index is 0.0655. The van der Waals surface area contributed by atoms with E-state index in [0.29, 0.717) is 5.56 Å². The molecule has 2 atom stereocenters. The summed E-state index contributed by atoms with van der Waals surface area (Å²) in [7, 11) is 0. The molecule has 2 rings (SSSR count). The van der Waals surface area contributed by atoms with Crippen LogP contribution in [0.25, 0.3) is 0 Å². The molecule has 0 aromatic heterocycles. The van der Waals surface area contributed by atoms with E-state index in [1.807, 2.05) is 0 Å². The van der Waals surface area contributed by atoms with E-state index in [1.165, 1.54) is 6.07 Å². The van der Waals surface area contributed by atoms with Crippen molar-refractivity contribution in [3.63, 3.8) is 0 Å². The number of hydrogen-bond acceptors (Lipinski definition) is 3.